The van der Waals surface area contributed by atoms with Crippen LogP contribution >= 0.6 is 23.1 Å². The van der Waals surface area contributed by atoms with E-state index in [4.69, 9.17) is 5.73 Å². The number of thioether (sulfide) groups is 1. The van der Waals surface area contributed by atoms with Gasteiger partial charge < -0.3 is 11.1 Å². The van der Waals surface area contributed by atoms with Gasteiger partial charge in [-0.25, -0.2) is 0 Å². The fraction of sp³-hybridized carbons (Fsp3) is 0.571. The van der Waals surface area contributed by atoms with Gasteiger partial charge in [-0.1, -0.05) is 18.3 Å². The minimum absolute atomic E-state index is 0.208. The van der Waals surface area contributed by atoms with Crippen molar-refractivity contribution in [2.45, 2.75) is 12.2 Å². The average molecular weight is 232 g/mol. The molecule has 1 rings (SSSR count). The second kappa shape index (κ2) is 5.16. The molecule has 0 aromatic carbocycles. The van der Waals surface area contributed by atoms with Gasteiger partial charge in [0.05, 0.1) is 0 Å². The molecular weight excluding hydrogens is 220 g/mol. The van der Waals surface area contributed by atoms with E-state index in [0.29, 0.717) is 21.9 Å². The van der Waals surface area contributed by atoms with Crippen LogP contribution in [0.1, 0.15) is 16.7 Å². The van der Waals surface area contributed by atoms with Crippen LogP contribution < -0.4 is 11.1 Å². The first-order valence-corrected chi connectivity index (χ1v) is 6.14. The molecule has 78 valence electrons. The molecule has 0 aliphatic rings. The molecule has 1 amide bonds. The second-order valence-electron chi connectivity index (χ2n) is 2.70. The van der Waals surface area contributed by atoms with E-state index in [-0.39, 0.29) is 5.91 Å². The molecule has 1 atom stereocenters. The van der Waals surface area contributed by atoms with Crippen LogP contribution in [0.5, 0.6) is 0 Å². The van der Waals surface area contributed by atoms with E-state index in [2.05, 4.69) is 15.5 Å². The van der Waals surface area contributed by atoms with Gasteiger partial charge in [0.1, 0.15) is 0 Å². The molecule has 0 bridgehead atoms. The molecule has 0 saturated heterocycles. The molecule has 1 aromatic heterocycles. The average Bonchev–Trinajstić information content (AvgIpc) is 2.60. The predicted octanol–water partition coefficient (Wildman–Crippen LogP) is 0.602. The summed E-state index contributed by atoms with van der Waals surface area (Å²) in [7, 11) is 0. The van der Waals surface area contributed by atoms with Crippen LogP contribution in [0.25, 0.3) is 0 Å². The molecule has 7 heteroatoms. The standard InChI is InChI=1S/C7H12N4OS2/c1-4(13-2)3-9-5(12)6-10-11-7(8)14-6/h4H,3H2,1-2H3,(H2,8,11)(H,9,12). The van der Waals surface area contributed by atoms with Crippen LogP contribution in [0.4, 0.5) is 5.13 Å². The fourth-order valence-corrected chi connectivity index (χ4v) is 1.50. The minimum Gasteiger partial charge on any atom is -0.374 e. The van der Waals surface area contributed by atoms with Crippen LogP contribution in [-0.2, 0) is 0 Å². The highest BCUT2D eigenvalue weighted by Gasteiger charge is 2.11. The van der Waals surface area contributed by atoms with Gasteiger partial charge >= 0.3 is 0 Å². The normalized spacial score (nSPS) is 12.4. The Morgan fingerprint density at radius 2 is 2.43 bits per heavy atom. The SMILES string of the molecule is CSC(C)CNC(=O)c1nnc(N)s1. The highest BCUT2D eigenvalue weighted by molar-refractivity contribution is 7.99. The summed E-state index contributed by atoms with van der Waals surface area (Å²) in [4.78, 5) is 11.4. The van der Waals surface area contributed by atoms with E-state index in [0.717, 1.165) is 11.3 Å². The van der Waals surface area contributed by atoms with Crippen molar-refractivity contribution < 1.29 is 4.79 Å². The molecule has 0 saturated carbocycles. The number of nitrogens with zero attached hydrogens (tertiary/aromatic N) is 2. The van der Waals surface area contributed by atoms with Crippen LogP contribution in [-0.4, -0.2) is 34.2 Å². The monoisotopic (exact) mass is 232 g/mol. The zero-order chi connectivity index (χ0) is 10.6. The molecular formula is C7H12N4OS2. The smallest absolute Gasteiger partial charge is 0.282 e. The third-order valence-electron chi connectivity index (χ3n) is 1.59. The summed E-state index contributed by atoms with van der Waals surface area (Å²) in [5.74, 6) is -0.208. The van der Waals surface area contributed by atoms with Crippen LogP contribution in [0, 0.1) is 0 Å². The summed E-state index contributed by atoms with van der Waals surface area (Å²) in [5, 5.41) is 11.0. The van der Waals surface area contributed by atoms with Gasteiger partial charge in [0.25, 0.3) is 5.91 Å². The van der Waals surface area contributed by atoms with Gasteiger partial charge in [0.15, 0.2) is 0 Å². The number of hydrogen-bond donors (Lipinski definition) is 2. The second-order valence-corrected chi connectivity index (χ2v) is 4.99. The van der Waals surface area contributed by atoms with E-state index in [1.165, 1.54) is 0 Å². The summed E-state index contributed by atoms with van der Waals surface area (Å²) in [6.07, 6.45) is 2.00. The number of nitrogens with two attached hydrogens (primary N) is 1. The lowest BCUT2D eigenvalue weighted by molar-refractivity contribution is 0.0953. The molecule has 3 N–H and O–H groups in total. The Bertz CT molecular complexity index is 314. The van der Waals surface area contributed by atoms with Gasteiger partial charge in [-0.2, -0.15) is 11.8 Å². The number of carbonyl (C=O) groups excluding carboxylic acids is 1. The topological polar surface area (TPSA) is 80.9 Å². The fourth-order valence-electron chi connectivity index (χ4n) is 0.722. The van der Waals surface area contributed by atoms with Crippen molar-refractivity contribution in [1.82, 2.24) is 15.5 Å². The number of amides is 1. The zero-order valence-electron chi connectivity index (χ0n) is 7.98. The van der Waals surface area contributed by atoms with Crippen molar-refractivity contribution in [2.75, 3.05) is 18.5 Å². The number of rotatable bonds is 4. The lowest BCUT2D eigenvalue weighted by Crippen LogP contribution is -2.29. The van der Waals surface area contributed by atoms with E-state index in [1.807, 2.05) is 13.2 Å². The molecule has 0 spiro atoms. The lowest BCUT2D eigenvalue weighted by atomic mass is 10.4. The third kappa shape index (κ3) is 3.15. The van der Waals surface area contributed by atoms with Crippen molar-refractivity contribution in [2.24, 2.45) is 0 Å². The molecule has 1 heterocycles. The minimum atomic E-state index is -0.208. The molecule has 1 unspecified atom stereocenters. The molecule has 1 aromatic rings. The summed E-state index contributed by atoms with van der Waals surface area (Å²) >= 11 is 2.79. The van der Waals surface area contributed by atoms with Crippen LogP contribution in [0.3, 0.4) is 0 Å². The molecule has 14 heavy (non-hydrogen) atoms. The maximum atomic E-state index is 11.4. The number of aromatic nitrogens is 2. The molecule has 0 aliphatic carbocycles. The first-order valence-electron chi connectivity index (χ1n) is 4.03. The van der Waals surface area contributed by atoms with Crippen LogP contribution in [0.2, 0.25) is 0 Å². The van der Waals surface area contributed by atoms with E-state index in [1.54, 1.807) is 11.8 Å². The predicted molar refractivity (Wildman–Crippen MR) is 59.6 cm³/mol. The van der Waals surface area contributed by atoms with Crippen molar-refractivity contribution in [3.8, 4) is 0 Å². The van der Waals surface area contributed by atoms with Gasteiger partial charge in [0.2, 0.25) is 10.1 Å². The lowest BCUT2D eigenvalue weighted by Gasteiger charge is -2.07. The van der Waals surface area contributed by atoms with E-state index >= 15 is 0 Å². The molecule has 5 nitrogen and oxygen atoms in total. The highest BCUT2D eigenvalue weighted by Crippen LogP contribution is 2.10. The van der Waals surface area contributed by atoms with E-state index in [9.17, 15) is 4.79 Å². The quantitative estimate of drug-likeness (QED) is 0.794. The summed E-state index contributed by atoms with van der Waals surface area (Å²) < 4.78 is 0. The third-order valence-corrected chi connectivity index (χ3v) is 3.31. The number of nitrogens with one attached hydrogen (secondary N) is 1. The largest absolute Gasteiger partial charge is 0.374 e. The van der Waals surface area contributed by atoms with Crippen LogP contribution in [0.15, 0.2) is 0 Å². The van der Waals surface area contributed by atoms with Crippen molar-refractivity contribution in [1.29, 1.82) is 0 Å². The number of anilines is 1. The first kappa shape index (κ1) is 11.3. The zero-order valence-corrected chi connectivity index (χ0v) is 9.61. The van der Waals surface area contributed by atoms with Crippen molar-refractivity contribution in [3.63, 3.8) is 0 Å². The molecule has 0 aliphatic heterocycles. The maximum Gasteiger partial charge on any atom is 0.282 e. The van der Waals surface area contributed by atoms with Crippen molar-refractivity contribution >= 4 is 34.1 Å². The maximum absolute atomic E-state index is 11.4. The Balaban J connectivity index is 2.43. The Morgan fingerprint density at radius 3 is 2.93 bits per heavy atom. The number of nitrogen functional groups attached to an aromatic ring is 1. The van der Waals surface area contributed by atoms with Gasteiger partial charge in [-0.3, -0.25) is 4.79 Å². The highest BCUT2D eigenvalue weighted by atomic mass is 32.2. The number of carbonyl (C=O) groups is 1. The molecule has 0 radical (unpaired) electrons. The Hall–Kier alpha value is -0.820. The van der Waals surface area contributed by atoms with E-state index < -0.39 is 0 Å². The summed E-state index contributed by atoms with van der Waals surface area (Å²) in [6, 6.07) is 0. The summed E-state index contributed by atoms with van der Waals surface area (Å²) in [6.45, 7) is 2.67. The molecule has 0 fully saturated rings. The Kier molecular flexibility index (Phi) is 4.15. The first-order chi connectivity index (χ1) is 6.63. The van der Waals surface area contributed by atoms with Gasteiger partial charge in [0, 0.05) is 11.8 Å². The van der Waals surface area contributed by atoms with Gasteiger partial charge in [-0.15, -0.1) is 10.2 Å². The Morgan fingerprint density at radius 1 is 1.71 bits per heavy atom. The summed E-state index contributed by atoms with van der Waals surface area (Å²) in [5.41, 5.74) is 5.36. The van der Waals surface area contributed by atoms with Gasteiger partial charge in [-0.05, 0) is 6.26 Å². The Labute approximate surface area is 90.5 Å². The number of hydrogen-bond acceptors (Lipinski definition) is 6. The van der Waals surface area contributed by atoms with Crippen molar-refractivity contribution in [3.05, 3.63) is 5.01 Å².